The van der Waals surface area contributed by atoms with Gasteiger partial charge in [-0.05, 0) is 12.5 Å². The molecule has 17 heavy (non-hydrogen) atoms. The van der Waals surface area contributed by atoms with Crippen LogP contribution in [0.2, 0.25) is 5.02 Å². The van der Waals surface area contributed by atoms with E-state index in [1.165, 1.54) is 0 Å². The Kier molecular flexibility index (Phi) is 4.56. The molecular formula is C10H9ClF5N. The third-order valence-corrected chi connectivity index (χ3v) is 2.24. The number of anilines is 1. The van der Waals surface area contributed by atoms with E-state index in [9.17, 15) is 22.0 Å². The fourth-order valence-corrected chi connectivity index (χ4v) is 1.47. The third-order valence-electron chi connectivity index (χ3n) is 1.95. The highest BCUT2D eigenvalue weighted by Gasteiger charge is 2.25. The number of nitrogens with one attached hydrogen (secondary N) is 1. The van der Waals surface area contributed by atoms with E-state index in [-0.39, 0.29) is 23.7 Å². The van der Waals surface area contributed by atoms with Gasteiger partial charge in [0.1, 0.15) is 5.82 Å². The summed E-state index contributed by atoms with van der Waals surface area (Å²) in [5.41, 5.74) is -0.185. The summed E-state index contributed by atoms with van der Waals surface area (Å²) in [5.74, 6) is -1.77. The van der Waals surface area contributed by atoms with Crippen molar-refractivity contribution in [2.45, 2.75) is 19.0 Å². The van der Waals surface area contributed by atoms with Crippen molar-refractivity contribution in [1.82, 2.24) is 0 Å². The lowest BCUT2D eigenvalue weighted by atomic mass is 10.2. The third kappa shape index (κ3) is 4.77. The van der Waals surface area contributed by atoms with Crippen LogP contribution in [0.25, 0.3) is 0 Å². The number of rotatable bonds is 4. The molecule has 0 amide bonds. The normalized spacial score (nSPS) is 11.6. The summed E-state index contributed by atoms with van der Waals surface area (Å²) in [6, 6.07) is 1.49. The van der Waals surface area contributed by atoms with Gasteiger partial charge in [-0.2, -0.15) is 13.2 Å². The van der Waals surface area contributed by atoms with Gasteiger partial charge in [-0.3, -0.25) is 0 Å². The quantitative estimate of drug-likeness (QED) is 0.634. The molecule has 1 nitrogen and oxygen atoms in total. The zero-order chi connectivity index (χ0) is 13.1. The second kappa shape index (κ2) is 5.53. The van der Waals surface area contributed by atoms with Gasteiger partial charge in [-0.15, -0.1) is 0 Å². The summed E-state index contributed by atoms with van der Waals surface area (Å²) in [7, 11) is 0. The lowest BCUT2D eigenvalue weighted by molar-refractivity contribution is -0.134. The van der Waals surface area contributed by atoms with E-state index in [4.69, 9.17) is 11.6 Å². The molecule has 0 fully saturated rings. The van der Waals surface area contributed by atoms with Crippen LogP contribution in [-0.4, -0.2) is 12.7 Å². The molecule has 0 heterocycles. The van der Waals surface area contributed by atoms with Gasteiger partial charge >= 0.3 is 6.18 Å². The van der Waals surface area contributed by atoms with Gasteiger partial charge < -0.3 is 5.32 Å². The standard InChI is InChI=1S/C10H9ClF5N/c11-7-4-6(12)5-8(13)9(7)17-3-1-2-10(14,15)16/h4-5,17H,1-3H2. The molecule has 7 heteroatoms. The topological polar surface area (TPSA) is 12.0 Å². The first-order valence-corrected chi connectivity index (χ1v) is 5.12. The van der Waals surface area contributed by atoms with Crippen LogP contribution in [0, 0.1) is 11.6 Å². The smallest absolute Gasteiger partial charge is 0.381 e. The molecule has 0 atom stereocenters. The number of benzene rings is 1. The Morgan fingerprint density at radius 1 is 1.18 bits per heavy atom. The molecule has 1 aromatic rings. The Morgan fingerprint density at radius 2 is 1.82 bits per heavy atom. The highest BCUT2D eigenvalue weighted by atomic mass is 35.5. The van der Waals surface area contributed by atoms with Crippen molar-refractivity contribution in [3.63, 3.8) is 0 Å². The highest BCUT2D eigenvalue weighted by molar-refractivity contribution is 6.33. The van der Waals surface area contributed by atoms with E-state index < -0.39 is 24.2 Å². The van der Waals surface area contributed by atoms with Crippen molar-refractivity contribution in [2.24, 2.45) is 0 Å². The minimum absolute atomic E-state index is 0.0955. The first-order chi connectivity index (χ1) is 7.79. The van der Waals surface area contributed by atoms with E-state index in [0.717, 1.165) is 6.07 Å². The Labute approximate surface area is 99.6 Å². The average molecular weight is 274 g/mol. The lowest BCUT2D eigenvalue weighted by Crippen LogP contribution is -2.11. The molecule has 0 radical (unpaired) electrons. The van der Waals surface area contributed by atoms with Gasteiger partial charge in [0.05, 0.1) is 10.7 Å². The second-order valence-corrected chi connectivity index (χ2v) is 3.80. The second-order valence-electron chi connectivity index (χ2n) is 3.39. The number of hydrogen-bond donors (Lipinski definition) is 1. The predicted molar refractivity (Wildman–Crippen MR) is 55.1 cm³/mol. The first kappa shape index (κ1) is 14.0. The van der Waals surface area contributed by atoms with Crippen LogP contribution in [-0.2, 0) is 0 Å². The van der Waals surface area contributed by atoms with Gasteiger partial charge in [0.2, 0.25) is 0 Å². The number of hydrogen-bond acceptors (Lipinski definition) is 1. The minimum atomic E-state index is -4.24. The maximum Gasteiger partial charge on any atom is 0.389 e. The summed E-state index contributed by atoms with van der Waals surface area (Å²) in [6.45, 7) is -0.0955. The molecule has 0 aliphatic rings. The lowest BCUT2D eigenvalue weighted by Gasteiger charge is -2.10. The van der Waals surface area contributed by atoms with Crippen molar-refractivity contribution >= 4 is 17.3 Å². The van der Waals surface area contributed by atoms with Crippen LogP contribution in [0.1, 0.15) is 12.8 Å². The van der Waals surface area contributed by atoms with E-state index in [1.54, 1.807) is 0 Å². The largest absolute Gasteiger partial charge is 0.389 e. The molecule has 1 aromatic carbocycles. The van der Waals surface area contributed by atoms with E-state index in [0.29, 0.717) is 6.07 Å². The van der Waals surface area contributed by atoms with Crippen molar-refractivity contribution in [3.8, 4) is 0 Å². The summed E-state index contributed by atoms with van der Waals surface area (Å²) < 4.78 is 61.3. The van der Waals surface area contributed by atoms with Gasteiger partial charge in [-0.1, -0.05) is 11.6 Å². The van der Waals surface area contributed by atoms with Crippen LogP contribution in [0.4, 0.5) is 27.6 Å². The molecule has 1 N–H and O–H groups in total. The Balaban J connectivity index is 2.53. The fourth-order valence-electron chi connectivity index (χ4n) is 1.21. The van der Waals surface area contributed by atoms with Crippen LogP contribution in [0.3, 0.4) is 0 Å². The van der Waals surface area contributed by atoms with Crippen LogP contribution in [0.15, 0.2) is 12.1 Å². The molecule has 0 aromatic heterocycles. The molecule has 0 saturated heterocycles. The zero-order valence-corrected chi connectivity index (χ0v) is 9.30. The Morgan fingerprint density at radius 3 is 2.35 bits per heavy atom. The van der Waals surface area contributed by atoms with Crippen molar-refractivity contribution in [1.29, 1.82) is 0 Å². The van der Waals surface area contributed by atoms with Crippen LogP contribution >= 0.6 is 11.6 Å². The van der Waals surface area contributed by atoms with Crippen molar-refractivity contribution < 1.29 is 22.0 Å². The Hall–Kier alpha value is -1.04. The molecule has 96 valence electrons. The van der Waals surface area contributed by atoms with Gasteiger partial charge in [-0.25, -0.2) is 8.78 Å². The summed E-state index contributed by atoms with van der Waals surface area (Å²) >= 11 is 5.54. The van der Waals surface area contributed by atoms with Gasteiger partial charge in [0.15, 0.2) is 5.82 Å². The highest BCUT2D eigenvalue weighted by Crippen LogP contribution is 2.27. The van der Waals surface area contributed by atoms with Crippen molar-refractivity contribution in [2.75, 3.05) is 11.9 Å². The molecular weight excluding hydrogens is 265 g/mol. The monoisotopic (exact) mass is 273 g/mol. The van der Waals surface area contributed by atoms with Crippen LogP contribution in [0.5, 0.6) is 0 Å². The molecule has 0 saturated carbocycles. The van der Waals surface area contributed by atoms with Gasteiger partial charge in [0, 0.05) is 19.0 Å². The molecule has 0 aliphatic carbocycles. The molecule has 0 unspecified atom stereocenters. The summed E-state index contributed by atoms with van der Waals surface area (Å²) in [4.78, 5) is 0. The van der Waals surface area contributed by atoms with E-state index in [2.05, 4.69) is 5.32 Å². The summed E-state index contributed by atoms with van der Waals surface area (Å²) in [6.07, 6.45) is -5.43. The van der Waals surface area contributed by atoms with Gasteiger partial charge in [0.25, 0.3) is 0 Å². The number of alkyl halides is 3. The molecule has 0 bridgehead atoms. The van der Waals surface area contributed by atoms with Crippen LogP contribution < -0.4 is 5.32 Å². The SMILES string of the molecule is Fc1cc(F)c(NCCCC(F)(F)F)c(Cl)c1. The average Bonchev–Trinajstić information content (AvgIpc) is 2.13. The first-order valence-electron chi connectivity index (χ1n) is 4.75. The van der Waals surface area contributed by atoms with Crippen molar-refractivity contribution in [3.05, 3.63) is 28.8 Å². The Bertz CT molecular complexity index is 368. The van der Waals surface area contributed by atoms with E-state index in [1.807, 2.05) is 0 Å². The number of halogens is 6. The summed E-state index contributed by atoms with van der Waals surface area (Å²) in [5, 5.41) is 2.21. The minimum Gasteiger partial charge on any atom is -0.381 e. The zero-order valence-electron chi connectivity index (χ0n) is 8.54. The molecule has 0 spiro atoms. The molecule has 0 aliphatic heterocycles. The fraction of sp³-hybridized carbons (Fsp3) is 0.400. The molecule has 1 rings (SSSR count). The maximum atomic E-state index is 13.2. The predicted octanol–water partition coefficient (Wildman–Crippen LogP) is 4.37. The maximum absolute atomic E-state index is 13.2. The van der Waals surface area contributed by atoms with E-state index >= 15 is 0 Å².